The van der Waals surface area contributed by atoms with E-state index >= 15 is 0 Å². The van der Waals surface area contributed by atoms with Gasteiger partial charge in [0, 0.05) is 35.0 Å². The third-order valence-corrected chi connectivity index (χ3v) is 6.26. The predicted octanol–water partition coefficient (Wildman–Crippen LogP) is 3.73. The minimum absolute atomic E-state index is 0.228. The molecule has 3 atom stereocenters. The number of nitrogens with two attached hydrogens (primary N) is 1. The van der Waals surface area contributed by atoms with Gasteiger partial charge in [0.2, 0.25) is 0 Å². The molecule has 1 aromatic heterocycles. The number of hydrogen-bond acceptors (Lipinski definition) is 4. The van der Waals surface area contributed by atoms with Crippen molar-refractivity contribution < 1.29 is 0 Å². The van der Waals surface area contributed by atoms with E-state index in [0.29, 0.717) is 11.3 Å². The molecule has 0 radical (unpaired) electrons. The molecule has 2 N–H and O–H groups in total. The molecule has 0 saturated carbocycles. The monoisotopic (exact) mass is 348 g/mol. The summed E-state index contributed by atoms with van der Waals surface area (Å²) in [4.78, 5) is 3.98. The maximum Gasteiger partial charge on any atom is 0.0702 e. The van der Waals surface area contributed by atoms with Crippen LogP contribution in [0.5, 0.6) is 0 Å². The minimum Gasteiger partial charge on any atom is -0.326 e. The Hall–Kier alpha value is 0.450. The third kappa shape index (κ3) is 3.51. The van der Waals surface area contributed by atoms with Crippen molar-refractivity contribution >= 4 is 39.0 Å². The minimum atomic E-state index is 0.228. The zero-order chi connectivity index (χ0) is 13.1. The quantitative estimate of drug-likeness (QED) is 0.898. The fraction of sp³-hybridized carbons (Fsp3) is 0.692. The molecule has 2 heterocycles. The fourth-order valence-electron chi connectivity index (χ4n) is 2.47. The highest BCUT2D eigenvalue weighted by molar-refractivity contribution is 9.11. The predicted molar refractivity (Wildman–Crippen MR) is 86.5 cm³/mol. The van der Waals surface area contributed by atoms with Crippen molar-refractivity contribution in [3.05, 3.63) is 20.8 Å². The topological polar surface area (TPSA) is 29.3 Å². The standard InChI is InChI=1S/C13H21BrN2S2/c1-3-10(15)13(11-4-5-12(14)18-11)16-6-7-17-9(2)8-16/h4-5,9-10,13H,3,6-8,15H2,1-2H3. The highest BCUT2D eigenvalue weighted by Crippen LogP contribution is 2.35. The molecule has 0 bridgehead atoms. The Bertz CT molecular complexity index is 383. The van der Waals surface area contributed by atoms with Gasteiger partial charge in [-0.2, -0.15) is 11.8 Å². The zero-order valence-corrected chi connectivity index (χ0v) is 14.2. The van der Waals surface area contributed by atoms with Crippen LogP contribution in [0.4, 0.5) is 0 Å². The van der Waals surface area contributed by atoms with Crippen LogP contribution in [0.2, 0.25) is 0 Å². The van der Waals surface area contributed by atoms with Gasteiger partial charge in [-0.05, 0) is 34.5 Å². The summed E-state index contributed by atoms with van der Waals surface area (Å²) in [6, 6.07) is 4.97. The van der Waals surface area contributed by atoms with Gasteiger partial charge in [-0.25, -0.2) is 0 Å². The lowest BCUT2D eigenvalue weighted by molar-refractivity contribution is 0.180. The first kappa shape index (κ1) is 14.9. The van der Waals surface area contributed by atoms with E-state index in [9.17, 15) is 0 Å². The molecule has 1 saturated heterocycles. The van der Waals surface area contributed by atoms with E-state index < -0.39 is 0 Å². The van der Waals surface area contributed by atoms with Crippen LogP contribution in [-0.2, 0) is 0 Å². The van der Waals surface area contributed by atoms with E-state index in [0.717, 1.165) is 19.5 Å². The molecular weight excluding hydrogens is 328 g/mol. The van der Waals surface area contributed by atoms with Crippen LogP contribution in [0, 0.1) is 0 Å². The third-order valence-electron chi connectivity index (χ3n) is 3.43. The Morgan fingerprint density at radius 3 is 2.89 bits per heavy atom. The van der Waals surface area contributed by atoms with Gasteiger partial charge >= 0.3 is 0 Å². The molecule has 0 aliphatic carbocycles. The largest absolute Gasteiger partial charge is 0.326 e. The number of nitrogens with zero attached hydrogens (tertiary/aromatic N) is 1. The van der Waals surface area contributed by atoms with E-state index in [1.807, 2.05) is 11.3 Å². The van der Waals surface area contributed by atoms with E-state index in [1.165, 1.54) is 14.4 Å². The lowest BCUT2D eigenvalue weighted by Crippen LogP contribution is -2.46. The average molecular weight is 349 g/mol. The highest BCUT2D eigenvalue weighted by atomic mass is 79.9. The normalized spacial score (nSPS) is 25.0. The number of rotatable bonds is 4. The summed E-state index contributed by atoms with van der Waals surface area (Å²) in [7, 11) is 0. The van der Waals surface area contributed by atoms with Gasteiger partial charge in [-0.3, -0.25) is 4.90 Å². The van der Waals surface area contributed by atoms with Gasteiger partial charge in [0.15, 0.2) is 0 Å². The second kappa shape index (κ2) is 6.75. The first-order chi connectivity index (χ1) is 8.61. The maximum atomic E-state index is 6.38. The SMILES string of the molecule is CCC(N)C(c1ccc(Br)s1)N1CCSC(C)C1. The van der Waals surface area contributed by atoms with Gasteiger partial charge < -0.3 is 5.73 Å². The van der Waals surface area contributed by atoms with Crippen LogP contribution < -0.4 is 5.73 Å². The number of hydrogen-bond donors (Lipinski definition) is 1. The maximum absolute atomic E-state index is 6.38. The van der Waals surface area contributed by atoms with Crippen molar-refractivity contribution in [3.8, 4) is 0 Å². The van der Waals surface area contributed by atoms with E-state index in [-0.39, 0.29) is 6.04 Å². The van der Waals surface area contributed by atoms with Crippen LogP contribution in [0.1, 0.15) is 31.2 Å². The number of halogens is 1. The van der Waals surface area contributed by atoms with E-state index in [1.54, 1.807) is 0 Å². The van der Waals surface area contributed by atoms with Crippen molar-refractivity contribution in [2.45, 2.75) is 37.6 Å². The molecule has 0 spiro atoms. The van der Waals surface area contributed by atoms with Crippen molar-refractivity contribution in [1.29, 1.82) is 0 Å². The molecule has 0 aromatic carbocycles. The molecule has 2 rings (SSSR count). The molecule has 2 nitrogen and oxygen atoms in total. The Kier molecular flexibility index (Phi) is 5.57. The summed E-state index contributed by atoms with van der Waals surface area (Å²) in [6.07, 6.45) is 1.03. The molecule has 1 aliphatic rings. The van der Waals surface area contributed by atoms with Gasteiger partial charge in [0.1, 0.15) is 0 Å². The lowest BCUT2D eigenvalue weighted by Gasteiger charge is -2.39. The van der Waals surface area contributed by atoms with Crippen molar-refractivity contribution in [2.24, 2.45) is 5.73 Å². The number of thiophene rings is 1. The summed E-state index contributed by atoms with van der Waals surface area (Å²) in [5, 5.41) is 0.716. The van der Waals surface area contributed by atoms with Crippen LogP contribution in [0.25, 0.3) is 0 Å². The fourth-order valence-corrected chi connectivity index (χ4v) is 5.14. The summed E-state index contributed by atoms with van der Waals surface area (Å²) in [5.41, 5.74) is 6.38. The number of thioether (sulfide) groups is 1. The van der Waals surface area contributed by atoms with Crippen LogP contribution in [-0.4, -0.2) is 35.0 Å². The highest BCUT2D eigenvalue weighted by Gasteiger charge is 2.30. The van der Waals surface area contributed by atoms with E-state index in [4.69, 9.17) is 5.73 Å². The second-order valence-electron chi connectivity index (χ2n) is 4.84. The van der Waals surface area contributed by atoms with Crippen molar-refractivity contribution in [3.63, 3.8) is 0 Å². The van der Waals surface area contributed by atoms with Crippen molar-refractivity contribution in [1.82, 2.24) is 4.90 Å². The van der Waals surface area contributed by atoms with Gasteiger partial charge in [-0.15, -0.1) is 11.3 Å². The van der Waals surface area contributed by atoms with Gasteiger partial charge in [0.25, 0.3) is 0 Å². The van der Waals surface area contributed by atoms with E-state index in [2.05, 4.69) is 58.6 Å². The molecule has 18 heavy (non-hydrogen) atoms. The first-order valence-corrected chi connectivity index (χ1v) is 9.14. The molecule has 3 unspecified atom stereocenters. The Balaban J connectivity index is 2.19. The molecule has 0 amide bonds. The smallest absolute Gasteiger partial charge is 0.0702 e. The molecule has 1 aromatic rings. The van der Waals surface area contributed by atoms with Crippen LogP contribution in [0.15, 0.2) is 15.9 Å². The Morgan fingerprint density at radius 1 is 1.56 bits per heavy atom. The van der Waals surface area contributed by atoms with Crippen molar-refractivity contribution in [2.75, 3.05) is 18.8 Å². The zero-order valence-electron chi connectivity index (χ0n) is 10.9. The first-order valence-electron chi connectivity index (χ1n) is 6.48. The summed E-state index contributed by atoms with van der Waals surface area (Å²) >= 11 is 7.46. The van der Waals surface area contributed by atoms with Crippen LogP contribution in [0.3, 0.4) is 0 Å². The van der Waals surface area contributed by atoms with Gasteiger partial charge in [-0.1, -0.05) is 13.8 Å². The second-order valence-corrected chi connectivity index (χ2v) is 8.88. The van der Waals surface area contributed by atoms with Gasteiger partial charge in [0.05, 0.1) is 9.83 Å². The molecule has 1 fully saturated rings. The van der Waals surface area contributed by atoms with Crippen LogP contribution >= 0.6 is 39.0 Å². The molecule has 1 aliphatic heterocycles. The Labute approximate surface area is 126 Å². The lowest BCUT2D eigenvalue weighted by atomic mass is 10.0. The Morgan fingerprint density at radius 2 is 2.33 bits per heavy atom. The summed E-state index contributed by atoms with van der Waals surface area (Å²) in [5.74, 6) is 1.22. The summed E-state index contributed by atoms with van der Waals surface area (Å²) < 4.78 is 1.20. The molecular formula is C13H21BrN2S2. The molecule has 102 valence electrons. The summed E-state index contributed by atoms with van der Waals surface area (Å²) in [6.45, 7) is 6.81. The molecule has 5 heteroatoms. The average Bonchev–Trinajstić information content (AvgIpc) is 2.76.